The molecule has 3 saturated carbocycles. The first kappa shape index (κ1) is 11.0. The molecule has 3 aliphatic carbocycles. The van der Waals surface area contributed by atoms with E-state index in [0.29, 0.717) is 23.5 Å². The fourth-order valence-electron chi connectivity index (χ4n) is 4.16. The van der Waals surface area contributed by atoms with Gasteiger partial charge in [-0.15, -0.1) is 0 Å². The van der Waals surface area contributed by atoms with Gasteiger partial charge < -0.3 is 0 Å². The smallest absolute Gasteiger partial charge is 0.136 e. The van der Waals surface area contributed by atoms with Gasteiger partial charge in [-0.3, -0.25) is 4.79 Å². The molecule has 0 spiro atoms. The predicted octanol–water partition coefficient (Wildman–Crippen LogP) is 3.58. The van der Waals surface area contributed by atoms with E-state index >= 15 is 0 Å². The summed E-state index contributed by atoms with van der Waals surface area (Å²) in [6.07, 6.45) is 3.15. The highest BCUT2D eigenvalue weighted by Gasteiger charge is 2.53. The molecule has 3 fully saturated rings. The van der Waals surface area contributed by atoms with Gasteiger partial charge in [0.05, 0.1) is 0 Å². The third-order valence-corrected chi connectivity index (χ3v) is 5.48. The van der Waals surface area contributed by atoms with Gasteiger partial charge in [-0.1, -0.05) is 44.2 Å². The van der Waals surface area contributed by atoms with Gasteiger partial charge in [-0.25, -0.2) is 0 Å². The number of fused-ring (bicyclic) bond motifs is 3. The van der Waals surface area contributed by atoms with Crippen LogP contribution in [0.3, 0.4) is 0 Å². The van der Waals surface area contributed by atoms with E-state index in [2.05, 4.69) is 44.2 Å². The number of carbonyl (C=O) groups is 1. The highest BCUT2D eigenvalue weighted by atomic mass is 16.1. The van der Waals surface area contributed by atoms with Gasteiger partial charge in [0, 0.05) is 12.3 Å². The lowest BCUT2D eigenvalue weighted by Crippen LogP contribution is -2.53. The number of carbonyl (C=O) groups excluding carboxylic acids is 1. The maximum atomic E-state index is 12.0. The zero-order chi connectivity index (χ0) is 12.0. The second-order valence-corrected chi connectivity index (χ2v) is 5.99. The van der Waals surface area contributed by atoms with Gasteiger partial charge in [-0.2, -0.15) is 0 Å². The summed E-state index contributed by atoms with van der Waals surface area (Å²) in [5.41, 5.74) is 1.63. The number of benzene rings is 1. The van der Waals surface area contributed by atoms with E-state index in [1.165, 1.54) is 12.0 Å². The van der Waals surface area contributed by atoms with Crippen LogP contribution in [0.2, 0.25) is 0 Å². The summed E-state index contributed by atoms with van der Waals surface area (Å²) < 4.78 is 0. The van der Waals surface area contributed by atoms with Crippen LogP contribution in [0.1, 0.15) is 38.7 Å². The summed E-state index contributed by atoms with van der Waals surface area (Å²) in [4.78, 5) is 12.0. The quantitative estimate of drug-likeness (QED) is 0.718. The lowest BCUT2D eigenvalue weighted by atomic mass is 9.49. The number of ketones is 1. The molecule has 0 amide bonds. The van der Waals surface area contributed by atoms with E-state index in [9.17, 15) is 4.79 Å². The summed E-state index contributed by atoms with van der Waals surface area (Å²) in [5, 5.41) is 0. The summed E-state index contributed by atoms with van der Waals surface area (Å²) in [7, 11) is 0. The fraction of sp³-hybridized carbons (Fsp3) is 0.562. The zero-order valence-corrected chi connectivity index (χ0v) is 10.6. The average Bonchev–Trinajstić information content (AvgIpc) is 2.36. The maximum Gasteiger partial charge on any atom is 0.136 e. The van der Waals surface area contributed by atoms with Crippen molar-refractivity contribution in [3.63, 3.8) is 0 Å². The average molecular weight is 228 g/mol. The monoisotopic (exact) mass is 228 g/mol. The number of rotatable bonds is 1. The summed E-state index contributed by atoms with van der Waals surface area (Å²) in [5.74, 6) is 1.87. The molecule has 4 rings (SSSR count). The minimum Gasteiger partial charge on any atom is -0.299 e. The normalized spacial score (nSPS) is 40.6. The van der Waals surface area contributed by atoms with Crippen LogP contribution in [0.4, 0.5) is 0 Å². The molecule has 90 valence electrons. The van der Waals surface area contributed by atoms with Crippen molar-refractivity contribution in [2.45, 2.75) is 38.5 Å². The highest BCUT2D eigenvalue weighted by molar-refractivity contribution is 5.84. The molecule has 2 bridgehead atoms. The van der Waals surface area contributed by atoms with Crippen molar-refractivity contribution < 1.29 is 4.79 Å². The molecule has 4 unspecified atom stereocenters. The van der Waals surface area contributed by atoms with Crippen LogP contribution in [0, 0.1) is 17.8 Å². The molecular formula is C16H20O. The van der Waals surface area contributed by atoms with Crippen LogP contribution in [-0.2, 0) is 10.2 Å². The standard InChI is InChI=1S/C16H20O/c1-11-14-9-8-13(10-15(14)17)16(11,2)12-6-4-3-5-7-12/h3-7,11,13-14H,8-10H2,1-2H3. The van der Waals surface area contributed by atoms with Crippen molar-refractivity contribution in [1.82, 2.24) is 0 Å². The van der Waals surface area contributed by atoms with Gasteiger partial charge in [0.2, 0.25) is 0 Å². The first-order chi connectivity index (χ1) is 8.14. The second-order valence-electron chi connectivity index (χ2n) is 5.99. The van der Waals surface area contributed by atoms with Crippen molar-refractivity contribution in [3.05, 3.63) is 35.9 Å². The van der Waals surface area contributed by atoms with Crippen LogP contribution in [0.5, 0.6) is 0 Å². The number of Topliss-reactive ketones (excluding diaryl/α,β-unsaturated/α-hetero) is 1. The molecular weight excluding hydrogens is 208 g/mol. The van der Waals surface area contributed by atoms with Crippen LogP contribution in [-0.4, -0.2) is 5.78 Å². The SMILES string of the molecule is CC1C2CCC(CC2=O)C1(C)c1ccccc1. The highest BCUT2D eigenvalue weighted by Crippen LogP contribution is 2.55. The first-order valence-corrected chi connectivity index (χ1v) is 6.72. The summed E-state index contributed by atoms with van der Waals surface area (Å²) in [6.45, 7) is 4.65. The van der Waals surface area contributed by atoms with Crippen molar-refractivity contribution in [2.75, 3.05) is 0 Å². The van der Waals surface area contributed by atoms with Gasteiger partial charge in [0.1, 0.15) is 5.78 Å². The third kappa shape index (κ3) is 1.41. The van der Waals surface area contributed by atoms with Crippen molar-refractivity contribution in [1.29, 1.82) is 0 Å². The van der Waals surface area contributed by atoms with E-state index < -0.39 is 0 Å². The molecule has 3 aliphatic rings. The van der Waals surface area contributed by atoms with Gasteiger partial charge in [-0.05, 0) is 35.7 Å². The molecule has 1 heteroatoms. The molecule has 1 aromatic carbocycles. The Morgan fingerprint density at radius 2 is 1.88 bits per heavy atom. The minimum absolute atomic E-state index is 0.206. The Bertz CT molecular complexity index is 432. The molecule has 0 saturated heterocycles. The Labute approximate surface area is 103 Å². The Kier molecular flexibility index (Phi) is 2.39. The van der Waals surface area contributed by atoms with Crippen LogP contribution < -0.4 is 0 Å². The Morgan fingerprint density at radius 1 is 1.18 bits per heavy atom. The molecule has 17 heavy (non-hydrogen) atoms. The van der Waals surface area contributed by atoms with Crippen LogP contribution in [0.15, 0.2) is 30.3 Å². The number of hydrogen-bond donors (Lipinski definition) is 0. The van der Waals surface area contributed by atoms with E-state index in [0.717, 1.165) is 12.8 Å². The lowest BCUT2D eigenvalue weighted by Gasteiger charge is -2.54. The molecule has 4 atom stereocenters. The number of hydrogen-bond acceptors (Lipinski definition) is 1. The van der Waals surface area contributed by atoms with E-state index in [1.807, 2.05) is 0 Å². The zero-order valence-electron chi connectivity index (χ0n) is 10.6. The summed E-state index contributed by atoms with van der Waals surface area (Å²) >= 11 is 0. The Balaban J connectivity index is 2.06. The van der Waals surface area contributed by atoms with Crippen LogP contribution in [0.25, 0.3) is 0 Å². The van der Waals surface area contributed by atoms with E-state index in [4.69, 9.17) is 0 Å². The maximum absolute atomic E-state index is 12.0. The second kappa shape index (κ2) is 3.69. The van der Waals surface area contributed by atoms with Gasteiger partial charge >= 0.3 is 0 Å². The Hall–Kier alpha value is -1.11. The third-order valence-electron chi connectivity index (χ3n) is 5.48. The predicted molar refractivity (Wildman–Crippen MR) is 68.8 cm³/mol. The Morgan fingerprint density at radius 3 is 2.47 bits per heavy atom. The molecule has 0 heterocycles. The fourth-order valence-corrected chi connectivity index (χ4v) is 4.16. The molecule has 1 nitrogen and oxygen atoms in total. The molecule has 0 radical (unpaired) electrons. The largest absolute Gasteiger partial charge is 0.299 e. The minimum atomic E-state index is 0.206. The topological polar surface area (TPSA) is 17.1 Å². The van der Waals surface area contributed by atoms with Gasteiger partial charge in [0.15, 0.2) is 0 Å². The van der Waals surface area contributed by atoms with E-state index in [-0.39, 0.29) is 5.41 Å². The molecule has 0 aromatic heterocycles. The molecule has 0 aliphatic heterocycles. The van der Waals surface area contributed by atoms with Gasteiger partial charge in [0.25, 0.3) is 0 Å². The van der Waals surface area contributed by atoms with Crippen molar-refractivity contribution in [2.24, 2.45) is 17.8 Å². The first-order valence-electron chi connectivity index (χ1n) is 6.72. The molecule has 0 N–H and O–H groups in total. The van der Waals surface area contributed by atoms with E-state index in [1.54, 1.807) is 0 Å². The molecule has 1 aromatic rings. The van der Waals surface area contributed by atoms with Crippen LogP contribution >= 0.6 is 0 Å². The lowest BCUT2D eigenvalue weighted by molar-refractivity contribution is -0.137. The van der Waals surface area contributed by atoms with Crippen molar-refractivity contribution >= 4 is 5.78 Å². The summed E-state index contributed by atoms with van der Waals surface area (Å²) in [6, 6.07) is 10.8. The van der Waals surface area contributed by atoms with Crippen molar-refractivity contribution in [3.8, 4) is 0 Å².